The minimum atomic E-state index is -0.755. The molecular formula is C18H21ClN2O2. The van der Waals surface area contributed by atoms with Crippen LogP contribution in [0.15, 0.2) is 48.5 Å². The number of hydrogen-bond acceptors (Lipinski definition) is 4. The molecule has 1 saturated heterocycles. The van der Waals surface area contributed by atoms with Gasteiger partial charge in [0.15, 0.2) is 0 Å². The van der Waals surface area contributed by atoms with Crippen molar-refractivity contribution in [3.63, 3.8) is 0 Å². The number of aliphatic hydroxyl groups is 1. The average molecular weight is 333 g/mol. The van der Waals surface area contributed by atoms with E-state index in [4.69, 9.17) is 22.1 Å². The summed E-state index contributed by atoms with van der Waals surface area (Å²) in [6.45, 7) is 3.30. The fourth-order valence-corrected chi connectivity index (χ4v) is 2.90. The number of rotatable bonds is 4. The molecule has 23 heavy (non-hydrogen) atoms. The number of benzene rings is 2. The van der Waals surface area contributed by atoms with Gasteiger partial charge in [-0.1, -0.05) is 35.9 Å². The molecule has 2 atom stereocenters. The third-order valence-corrected chi connectivity index (χ3v) is 4.46. The van der Waals surface area contributed by atoms with Crippen LogP contribution in [0.4, 0.5) is 5.69 Å². The van der Waals surface area contributed by atoms with Gasteiger partial charge in [-0.15, -0.1) is 0 Å². The second kappa shape index (κ2) is 7.32. The highest BCUT2D eigenvalue weighted by molar-refractivity contribution is 6.30. The molecule has 1 heterocycles. The molecule has 3 rings (SSSR count). The number of hydrogen-bond donors (Lipinski definition) is 2. The van der Waals surface area contributed by atoms with Gasteiger partial charge >= 0.3 is 0 Å². The quantitative estimate of drug-likeness (QED) is 0.904. The van der Waals surface area contributed by atoms with Gasteiger partial charge in [-0.05, 0) is 35.4 Å². The summed E-state index contributed by atoms with van der Waals surface area (Å²) in [5, 5.41) is 11.2. The number of nitrogens with zero attached hydrogens (tertiary/aromatic N) is 1. The second-order valence-electron chi connectivity index (χ2n) is 5.71. The minimum Gasteiger partial charge on any atom is -0.386 e. The number of ether oxygens (including phenoxy) is 1. The van der Waals surface area contributed by atoms with Crippen molar-refractivity contribution < 1.29 is 9.84 Å². The molecule has 5 heteroatoms. The Morgan fingerprint density at radius 3 is 2.13 bits per heavy atom. The predicted molar refractivity (Wildman–Crippen MR) is 92.8 cm³/mol. The van der Waals surface area contributed by atoms with Crippen LogP contribution in [0.1, 0.15) is 23.3 Å². The third kappa shape index (κ3) is 3.85. The smallest absolute Gasteiger partial charge is 0.0982 e. The Balaban J connectivity index is 1.71. The molecule has 0 saturated carbocycles. The lowest BCUT2D eigenvalue weighted by Crippen LogP contribution is -2.36. The van der Waals surface area contributed by atoms with Crippen molar-refractivity contribution in [2.24, 2.45) is 5.73 Å². The number of morpholine rings is 1. The third-order valence-electron chi connectivity index (χ3n) is 4.21. The van der Waals surface area contributed by atoms with E-state index in [1.54, 1.807) is 12.1 Å². The lowest BCUT2D eigenvalue weighted by Gasteiger charge is -2.29. The van der Waals surface area contributed by atoms with Crippen molar-refractivity contribution >= 4 is 17.3 Å². The van der Waals surface area contributed by atoms with E-state index in [-0.39, 0.29) is 0 Å². The van der Waals surface area contributed by atoms with Crippen LogP contribution in [-0.4, -0.2) is 31.4 Å². The summed E-state index contributed by atoms with van der Waals surface area (Å²) in [4.78, 5) is 2.28. The Morgan fingerprint density at radius 1 is 0.957 bits per heavy atom. The molecule has 0 bridgehead atoms. The maximum Gasteiger partial charge on any atom is 0.0982 e. The van der Waals surface area contributed by atoms with Crippen LogP contribution in [0.2, 0.25) is 5.02 Å². The zero-order valence-corrected chi connectivity index (χ0v) is 13.6. The molecule has 0 radical (unpaired) electrons. The largest absolute Gasteiger partial charge is 0.386 e. The first-order chi connectivity index (χ1) is 11.1. The van der Waals surface area contributed by atoms with E-state index in [0.717, 1.165) is 43.1 Å². The molecule has 1 fully saturated rings. The maximum absolute atomic E-state index is 10.5. The monoisotopic (exact) mass is 332 g/mol. The highest BCUT2D eigenvalue weighted by atomic mass is 35.5. The van der Waals surface area contributed by atoms with Gasteiger partial charge in [-0.25, -0.2) is 0 Å². The standard InChI is InChI=1S/C18H21ClN2O2/c19-15-5-1-13(2-6-15)17(20)18(22)14-3-7-16(8-4-14)21-9-11-23-12-10-21/h1-8,17-18,22H,9-12,20H2/t17-,18+/m1/s1. The van der Waals surface area contributed by atoms with Gasteiger partial charge < -0.3 is 20.5 Å². The van der Waals surface area contributed by atoms with Crippen LogP contribution in [0.3, 0.4) is 0 Å². The van der Waals surface area contributed by atoms with Crippen molar-refractivity contribution in [1.29, 1.82) is 0 Å². The van der Waals surface area contributed by atoms with Gasteiger partial charge in [-0.3, -0.25) is 0 Å². The van der Waals surface area contributed by atoms with Crippen molar-refractivity contribution in [3.8, 4) is 0 Å². The normalized spacial score (nSPS) is 17.8. The van der Waals surface area contributed by atoms with Crippen molar-refractivity contribution in [3.05, 3.63) is 64.7 Å². The molecule has 4 nitrogen and oxygen atoms in total. The Kier molecular flexibility index (Phi) is 5.18. The van der Waals surface area contributed by atoms with E-state index in [9.17, 15) is 5.11 Å². The van der Waals surface area contributed by atoms with Crippen LogP contribution in [-0.2, 0) is 4.74 Å². The first kappa shape index (κ1) is 16.3. The van der Waals surface area contributed by atoms with E-state index in [1.165, 1.54) is 0 Å². The zero-order chi connectivity index (χ0) is 16.2. The summed E-state index contributed by atoms with van der Waals surface area (Å²) in [5.74, 6) is 0. The molecule has 122 valence electrons. The number of aliphatic hydroxyl groups excluding tert-OH is 1. The first-order valence-electron chi connectivity index (χ1n) is 7.77. The molecule has 0 aromatic heterocycles. The summed E-state index contributed by atoms with van der Waals surface area (Å²) in [7, 11) is 0. The minimum absolute atomic E-state index is 0.485. The van der Waals surface area contributed by atoms with Crippen LogP contribution in [0, 0.1) is 0 Å². The molecule has 0 unspecified atom stereocenters. The SMILES string of the molecule is N[C@H](c1ccc(Cl)cc1)[C@@H](O)c1ccc(N2CCOCC2)cc1. The van der Waals surface area contributed by atoms with Crippen LogP contribution in [0.25, 0.3) is 0 Å². The summed E-state index contributed by atoms with van der Waals surface area (Å²) < 4.78 is 5.36. The van der Waals surface area contributed by atoms with E-state index in [2.05, 4.69) is 4.90 Å². The van der Waals surface area contributed by atoms with Crippen LogP contribution in [0.5, 0.6) is 0 Å². The molecule has 2 aromatic rings. The molecule has 0 amide bonds. The lowest BCUT2D eigenvalue weighted by atomic mass is 9.96. The summed E-state index contributed by atoms with van der Waals surface area (Å²) in [6, 6.07) is 14.7. The molecule has 1 aliphatic rings. The molecule has 0 spiro atoms. The first-order valence-corrected chi connectivity index (χ1v) is 8.15. The van der Waals surface area contributed by atoms with Gasteiger partial charge in [0, 0.05) is 23.8 Å². The van der Waals surface area contributed by atoms with Gasteiger partial charge in [0.2, 0.25) is 0 Å². The van der Waals surface area contributed by atoms with E-state index < -0.39 is 12.1 Å². The zero-order valence-electron chi connectivity index (χ0n) is 12.9. The summed E-state index contributed by atoms with van der Waals surface area (Å²) in [6.07, 6.45) is -0.755. The van der Waals surface area contributed by atoms with Crippen molar-refractivity contribution in [2.75, 3.05) is 31.2 Å². The fraction of sp³-hybridized carbons (Fsp3) is 0.333. The Hall–Kier alpha value is -1.59. The topological polar surface area (TPSA) is 58.7 Å². The highest BCUT2D eigenvalue weighted by Crippen LogP contribution is 2.29. The fourth-order valence-electron chi connectivity index (χ4n) is 2.78. The van der Waals surface area contributed by atoms with E-state index in [1.807, 2.05) is 36.4 Å². The van der Waals surface area contributed by atoms with Gasteiger partial charge in [0.1, 0.15) is 0 Å². The molecule has 2 aromatic carbocycles. The highest BCUT2D eigenvalue weighted by Gasteiger charge is 2.19. The molecular weight excluding hydrogens is 312 g/mol. The van der Waals surface area contributed by atoms with Gasteiger partial charge in [0.05, 0.1) is 25.4 Å². The Morgan fingerprint density at radius 2 is 1.52 bits per heavy atom. The van der Waals surface area contributed by atoms with Crippen molar-refractivity contribution in [1.82, 2.24) is 0 Å². The number of anilines is 1. The maximum atomic E-state index is 10.5. The van der Waals surface area contributed by atoms with Gasteiger partial charge in [-0.2, -0.15) is 0 Å². The Labute approximate surface area is 141 Å². The average Bonchev–Trinajstić information content (AvgIpc) is 2.62. The van der Waals surface area contributed by atoms with Crippen LogP contribution >= 0.6 is 11.6 Å². The summed E-state index contributed by atoms with van der Waals surface area (Å²) >= 11 is 5.89. The molecule has 1 aliphatic heterocycles. The second-order valence-corrected chi connectivity index (χ2v) is 6.15. The lowest BCUT2D eigenvalue weighted by molar-refractivity contribution is 0.122. The molecule has 0 aliphatic carbocycles. The Bertz CT molecular complexity index is 624. The number of halogens is 1. The van der Waals surface area contributed by atoms with Crippen molar-refractivity contribution in [2.45, 2.75) is 12.1 Å². The number of nitrogens with two attached hydrogens (primary N) is 1. The van der Waals surface area contributed by atoms with Crippen LogP contribution < -0.4 is 10.6 Å². The van der Waals surface area contributed by atoms with E-state index >= 15 is 0 Å². The van der Waals surface area contributed by atoms with Gasteiger partial charge in [0.25, 0.3) is 0 Å². The predicted octanol–water partition coefficient (Wildman–Crippen LogP) is 2.91. The summed E-state index contributed by atoms with van der Waals surface area (Å²) in [5.41, 5.74) is 8.99. The van der Waals surface area contributed by atoms with E-state index in [0.29, 0.717) is 5.02 Å². The molecule has 3 N–H and O–H groups in total.